The molecule has 0 aromatic heterocycles. The van der Waals surface area contributed by atoms with E-state index in [0.29, 0.717) is 12.3 Å². The number of hydrogen-bond acceptors (Lipinski definition) is 2. The molecule has 0 radical (unpaired) electrons. The minimum Gasteiger partial charge on any atom is -0.306 e. The van der Waals surface area contributed by atoms with Crippen LogP contribution in [0.15, 0.2) is 24.3 Å². The SMILES string of the molecule is CC(=O)CCc1cccc(C2CCN(C)CC2)c1. The fraction of sp³-hybridized carbons (Fsp3) is 0.562. The Labute approximate surface area is 110 Å². The Morgan fingerprint density at radius 2 is 2.06 bits per heavy atom. The number of nitrogens with zero attached hydrogens (tertiary/aromatic N) is 1. The van der Waals surface area contributed by atoms with Crippen LogP contribution in [0.2, 0.25) is 0 Å². The summed E-state index contributed by atoms with van der Waals surface area (Å²) in [5, 5.41) is 0. The molecule has 0 amide bonds. The van der Waals surface area contributed by atoms with E-state index in [1.807, 2.05) is 0 Å². The number of Topliss-reactive ketones (excluding diaryl/α,β-unsaturated/α-hetero) is 1. The maximum atomic E-state index is 11.0. The van der Waals surface area contributed by atoms with Crippen LogP contribution >= 0.6 is 0 Å². The summed E-state index contributed by atoms with van der Waals surface area (Å²) in [6, 6.07) is 8.83. The number of piperidine rings is 1. The first-order valence-electron chi connectivity index (χ1n) is 6.92. The van der Waals surface area contributed by atoms with Crippen molar-refractivity contribution in [1.82, 2.24) is 4.90 Å². The lowest BCUT2D eigenvalue weighted by atomic mass is 9.88. The smallest absolute Gasteiger partial charge is 0.130 e. The second kappa shape index (κ2) is 6.14. The summed E-state index contributed by atoms with van der Waals surface area (Å²) in [6.07, 6.45) is 4.06. The van der Waals surface area contributed by atoms with Crippen molar-refractivity contribution in [3.63, 3.8) is 0 Å². The van der Waals surface area contributed by atoms with E-state index in [9.17, 15) is 4.79 Å². The van der Waals surface area contributed by atoms with Crippen LogP contribution in [0.5, 0.6) is 0 Å². The molecule has 1 aliphatic heterocycles. The summed E-state index contributed by atoms with van der Waals surface area (Å²) in [6.45, 7) is 4.06. The van der Waals surface area contributed by atoms with Crippen LogP contribution < -0.4 is 0 Å². The van der Waals surface area contributed by atoms with Gasteiger partial charge in [-0.2, -0.15) is 0 Å². The molecule has 2 heteroatoms. The largest absolute Gasteiger partial charge is 0.306 e. The van der Waals surface area contributed by atoms with E-state index in [4.69, 9.17) is 0 Å². The second-order valence-electron chi connectivity index (χ2n) is 5.52. The Kier molecular flexibility index (Phi) is 4.54. The van der Waals surface area contributed by atoms with Gasteiger partial charge in [0.15, 0.2) is 0 Å². The third-order valence-corrected chi connectivity index (χ3v) is 3.91. The number of likely N-dealkylation sites (tertiary alicyclic amines) is 1. The topological polar surface area (TPSA) is 20.3 Å². The summed E-state index contributed by atoms with van der Waals surface area (Å²) in [5.74, 6) is 0.984. The van der Waals surface area contributed by atoms with Crippen molar-refractivity contribution in [3.05, 3.63) is 35.4 Å². The van der Waals surface area contributed by atoms with Crippen molar-refractivity contribution in [2.24, 2.45) is 0 Å². The van der Waals surface area contributed by atoms with Gasteiger partial charge in [-0.15, -0.1) is 0 Å². The number of benzene rings is 1. The lowest BCUT2D eigenvalue weighted by Crippen LogP contribution is -2.29. The molecule has 1 aromatic carbocycles. The number of carbonyl (C=O) groups excluding carboxylic acids is 1. The monoisotopic (exact) mass is 245 g/mol. The van der Waals surface area contributed by atoms with E-state index in [2.05, 4.69) is 36.2 Å². The van der Waals surface area contributed by atoms with E-state index in [-0.39, 0.29) is 5.78 Å². The van der Waals surface area contributed by atoms with Gasteiger partial charge >= 0.3 is 0 Å². The van der Waals surface area contributed by atoms with E-state index < -0.39 is 0 Å². The van der Waals surface area contributed by atoms with Gasteiger partial charge in [-0.25, -0.2) is 0 Å². The molecule has 0 aliphatic carbocycles. The average molecular weight is 245 g/mol. The highest BCUT2D eigenvalue weighted by Crippen LogP contribution is 2.28. The molecule has 1 fully saturated rings. The minimum atomic E-state index is 0.277. The third kappa shape index (κ3) is 3.67. The summed E-state index contributed by atoms with van der Waals surface area (Å²) < 4.78 is 0. The van der Waals surface area contributed by atoms with Crippen LogP contribution in [0.4, 0.5) is 0 Å². The molecule has 18 heavy (non-hydrogen) atoms. The fourth-order valence-corrected chi connectivity index (χ4v) is 2.66. The van der Waals surface area contributed by atoms with Crippen LogP contribution in [-0.2, 0) is 11.2 Å². The summed E-state index contributed by atoms with van der Waals surface area (Å²) in [7, 11) is 2.19. The standard InChI is InChI=1S/C16H23NO/c1-13(18)6-7-14-4-3-5-16(12-14)15-8-10-17(2)11-9-15/h3-5,12,15H,6-11H2,1-2H3. The molecule has 1 aliphatic rings. The van der Waals surface area contributed by atoms with Crippen molar-refractivity contribution < 1.29 is 4.79 Å². The first-order valence-corrected chi connectivity index (χ1v) is 6.92. The van der Waals surface area contributed by atoms with Crippen LogP contribution in [0.3, 0.4) is 0 Å². The molecule has 1 heterocycles. The van der Waals surface area contributed by atoms with Gasteiger partial charge in [0, 0.05) is 6.42 Å². The van der Waals surface area contributed by atoms with Gasteiger partial charge < -0.3 is 9.69 Å². The highest BCUT2D eigenvalue weighted by molar-refractivity contribution is 5.75. The van der Waals surface area contributed by atoms with Gasteiger partial charge in [0.1, 0.15) is 5.78 Å². The minimum absolute atomic E-state index is 0.277. The third-order valence-electron chi connectivity index (χ3n) is 3.91. The lowest BCUT2D eigenvalue weighted by Gasteiger charge is -2.29. The zero-order chi connectivity index (χ0) is 13.0. The molecule has 0 bridgehead atoms. The molecule has 0 saturated carbocycles. The van der Waals surface area contributed by atoms with Crippen molar-refractivity contribution in [3.8, 4) is 0 Å². The normalized spacial score (nSPS) is 17.9. The molecular weight excluding hydrogens is 222 g/mol. The fourth-order valence-electron chi connectivity index (χ4n) is 2.66. The van der Waals surface area contributed by atoms with Gasteiger partial charge in [0.2, 0.25) is 0 Å². The maximum absolute atomic E-state index is 11.0. The number of aryl methyl sites for hydroxylation is 1. The summed E-state index contributed by atoms with van der Waals surface area (Å²) in [5.41, 5.74) is 2.77. The van der Waals surface area contributed by atoms with E-state index >= 15 is 0 Å². The molecule has 0 N–H and O–H groups in total. The molecule has 98 valence electrons. The van der Waals surface area contributed by atoms with Gasteiger partial charge in [-0.1, -0.05) is 24.3 Å². The molecule has 0 unspecified atom stereocenters. The summed E-state index contributed by atoms with van der Waals surface area (Å²) in [4.78, 5) is 13.4. The molecule has 2 nitrogen and oxygen atoms in total. The Morgan fingerprint density at radius 1 is 1.33 bits per heavy atom. The highest BCUT2D eigenvalue weighted by atomic mass is 16.1. The quantitative estimate of drug-likeness (QED) is 0.812. The van der Waals surface area contributed by atoms with E-state index in [0.717, 1.165) is 6.42 Å². The van der Waals surface area contributed by atoms with Crippen molar-refractivity contribution in [2.75, 3.05) is 20.1 Å². The Bertz CT molecular complexity index is 405. The summed E-state index contributed by atoms with van der Waals surface area (Å²) >= 11 is 0. The molecule has 1 aromatic rings. The second-order valence-corrected chi connectivity index (χ2v) is 5.52. The predicted octanol–water partition coefficient (Wildman–Crippen LogP) is 3.02. The van der Waals surface area contributed by atoms with Crippen LogP contribution in [0.25, 0.3) is 0 Å². The predicted molar refractivity (Wildman–Crippen MR) is 74.9 cm³/mol. The van der Waals surface area contributed by atoms with Gasteiger partial charge in [0.25, 0.3) is 0 Å². The molecular formula is C16H23NO. The zero-order valence-corrected chi connectivity index (χ0v) is 11.5. The zero-order valence-electron chi connectivity index (χ0n) is 11.5. The van der Waals surface area contributed by atoms with E-state index in [1.165, 1.54) is 37.1 Å². The number of carbonyl (C=O) groups is 1. The lowest BCUT2D eigenvalue weighted by molar-refractivity contribution is -0.116. The van der Waals surface area contributed by atoms with Gasteiger partial charge in [0.05, 0.1) is 0 Å². The first-order chi connectivity index (χ1) is 8.65. The first kappa shape index (κ1) is 13.3. The number of ketones is 1. The Morgan fingerprint density at radius 3 is 2.72 bits per heavy atom. The van der Waals surface area contributed by atoms with Crippen molar-refractivity contribution in [2.45, 2.75) is 38.5 Å². The highest BCUT2D eigenvalue weighted by Gasteiger charge is 2.18. The van der Waals surface area contributed by atoms with Crippen LogP contribution in [0, 0.1) is 0 Å². The maximum Gasteiger partial charge on any atom is 0.130 e. The van der Waals surface area contributed by atoms with Crippen LogP contribution in [-0.4, -0.2) is 30.8 Å². The van der Waals surface area contributed by atoms with E-state index in [1.54, 1.807) is 6.92 Å². The number of hydrogen-bond donors (Lipinski definition) is 0. The Balaban J connectivity index is 2.00. The van der Waals surface area contributed by atoms with Crippen molar-refractivity contribution in [1.29, 1.82) is 0 Å². The Hall–Kier alpha value is -1.15. The average Bonchev–Trinajstić information content (AvgIpc) is 2.37. The van der Waals surface area contributed by atoms with Gasteiger partial charge in [-0.05, 0) is 63.4 Å². The molecule has 1 saturated heterocycles. The van der Waals surface area contributed by atoms with Crippen LogP contribution in [0.1, 0.15) is 43.2 Å². The number of rotatable bonds is 4. The molecule has 0 atom stereocenters. The van der Waals surface area contributed by atoms with Gasteiger partial charge in [-0.3, -0.25) is 0 Å². The molecule has 2 rings (SSSR count). The molecule has 0 spiro atoms. The van der Waals surface area contributed by atoms with Crippen molar-refractivity contribution >= 4 is 5.78 Å².